The van der Waals surface area contributed by atoms with Crippen molar-refractivity contribution in [1.82, 2.24) is 4.90 Å². The predicted molar refractivity (Wildman–Crippen MR) is 101 cm³/mol. The Bertz CT molecular complexity index is 773. The van der Waals surface area contributed by atoms with Crippen molar-refractivity contribution in [2.45, 2.75) is 13.1 Å². The van der Waals surface area contributed by atoms with Gasteiger partial charge in [-0.05, 0) is 34.5 Å². The van der Waals surface area contributed by atoms with Crippen LogP contribution >= 0.6 is 11.3 Å². The lowest BCUT2D eigenvalue weighted by atomic mass is 10.2. The minimum atomic E-state index is -0.233. The minimum Gasteiger partial charge on any atom is -0.497 e. The van der Waals surface area contributed by atoms with E-state index in [1.54, 1.807) is 54.9 Å². The smallest absolute Gasteiger partial charge is 0.322 e. The van der Waals surface area contributed by atoms with Gasteiger partial charge < -0.3 is 24.1 Å². The van der Waals surface area contributed by atoms with Gasteiger partial charge >= 0.3 is 6.03 Å². The summed E-state index contributed by atoms with van der Waals surface area (Å²) in [5.74, 6) is 1.93. The summed E-state index contributed by atoms with van der Waals surface area (Å²) in [5.41, 5.74) is 1.67. The highest BCUT2D eigenvalue weighted by Gasteiger charge is 2.17. The van der Waals surface area contributed by atoms with Crippen molar-refractivity contribution in [2.24, 2.45) is 0 Å². The molecule has 0 saturated carbocycles. The zero-order chi connectivity index (χ0) is 18.4. The normalized spacial score (nSPS) is 10.4. The van der Waals surface area contributed by atoms with Crippen molar-refractivity contribution in [3.05, 3.63) is 64.7 Å². The molecule has 136 valence electrons. The standard InChI is InChI=1S/C19H20N2O4S/c1-23-17-8-15(9-18(10-17)24-2)20-19(22)21(11-14-5-7-26-13-14)12-16-4-3-6-25-16/h3-10,13H,11-12H2,1-2H3,(H,20,22). The number of rotatable bonds is 7. The van der Waals surface area contributed by atoms with Crippen molar-refractivity contribution in [2.75, 3.05) is 19.5 Å². The van der Waals surface area contributed by atoms with Crippen LogP contribution in [0, 0.1) is 0 Å². The maximum atomic E-state index is 12.9. The largest absolute Gasteiger partial charge is 0.497 e. The van der Waals surface area contributed by atoms with Gasteiger partial charge in [-0.1, -0.05) is 0 Å². The van der Waals surface area contributed by atoms with Gasteiger partial charge in [-0.2, -0.15) is 11.3 Å². The first-order chi connectivity index (χ1) is 12.7. The SMILES string of the molecule is COc1cc(NC(=O)N(Cc2ccsc2)Cc2ccco2)cc(OC)c1. The number of anilines is 1. The molecule has 26 heavy (non-hydrogen) atoms. The first-order valence-corrected chi connectivity index (χ1v) is 8.94. The van der Waals surface area contributed by atoms with Crippen LogP contribution in [0.1, 0.15) is 11.3 Å². The molecule has 0 fully saturated rings. The van der Waals surface area contributed by atoms with E-state index in [1.807, 2.05) is 29.0 Å². The number of ether oxygens (including phenoxy) is 2. The second kappa shape index (κ2) is 8.44. The van der Waals surface area contributed by atoms with Crippen molar-refractivity contribution in [1.29, 1.82) is 0 Å². The Labute approximate surface area is 156 Å². The maximum Gasteiger partial charge on any atom is 0.322 e. The first kappa shape index (κ1) is 17.9. The second-order valence-electron chi connectivity index (χ2n) is 5.60. The van der Waals surface area contributed by atoms with E-state index in [9.17, 15) is 4.79 Å². The number of nitrogens with zero attached hydrogens (tertiary/aromatic N) is 1. The minimum absolute atomic E-state index is 0.233. The van der Waals surface area contributed by atoms with Gasteiger partial charge in [0, 0.05) is 30.4 Å². The number of carbonyl (C=O) groups is 1. The van der Waals surface area contributed by atoms with Crippen molar-refractivity contribution in [3.8, 4) is 11.5 Å². The zero-order valence-electron chi connectivity index (χ0n) is 14.6. The Morgan fingerprint density at radius 1 is 1.15 bits per heavy atom. The molecule has 2 amide bonds. The average Bonchev–Trinajstić information content (AvgIpc) is 3.34. The predicted octanol–water partition coefficient (Wildman–Crippen LogP) is 4.59. The fourth-order valence-corrected chi connectivity index (χ4v) is 3.14. The molecule has 6 nitrogen and oxygen atoms in total. The van der Waals surface area contributed by atoms with Crippen LogP contribution < -0.4 is 14.8 Å². The number of methoxy groups -OCH3 is 2. The Hall–Kier alpha value is -2.93. The van der Waals surface area contributed by atoms with Crippen LogP contribution in [0.4, 0.5) is 10.5 Å². The molecule has 0 spiro atoms. The summed E-state index contributed by atoms with van der Waals surface area (Å²) in [6.45, 7) is 0.854. The third kappa shape index (κ3) is 4.58. The summed E-state index contributed by atoms with van der Waals surface area (Å²) in [7, 11) is 3.14. The molecule has 0 saturated heterocycles. The number of urea groups is 1. The molecule has 1 aromatic carbocycles. The lowest BCUT2D eigenvalue weighted by molar-refractivity contribution is 0.201. The second-order valence-corrected chi connectivity index (χ2v) is 6.38. The molecule has 0 unspecified atom stereocenters. The van der Waals surface area contributed by atoms with E-state index in [-0.39, 0.29) is 6.03 Å². The molecule has 0 aliphatic carbocycles. The van der Waals surface area contributed by atoms with Crippen LogP contribution in [0.5, 0.6) is 11.5 Å². The van der Waals surface area contributed by atoms with Gasteiger partial charge in [0.2, 0.25) is 0 Å². The molecule has 7 heteroatoms. The quantitative estimate of drug-likeness (QED) is 0.659. The number of benzene rings is 1. The topological polar surface area (TPSA) is 63.9 Å². The van der Waals surface area contributed by atoms with Gasteiger partial charge in [0.15, 0.2) is 0 Å². The number of carbonyl (C=O) groups excluding carboxylic acids is 1. The number of nitrogens with one attached hydrogen (secondary N) is 1. The molecule has 0 bridgehead atoms. The Morgan fingerprint density at radius 2 is 1.92 bits per heavy atom. The number of thiophene rings is 1. The zero-order valence-corrected chi connectivity index (χ0v) is 15.4. The summed E-state index contributed by atoms with van der Waals surface area (Å²) in [4.78, 5) is 14.5. The molecule has 0 radical (unpaired) electrons. The van der Waals surface area contributed by atoms with E-state index in [0.29, 0.717) is 30.3 Å². The Morgan fingerprint density at radius 3 is 2.50 bits per heavy atom. The molecular weight excluding hydrogens is 352 g/mol. The lowest BCUT2D eigenvalue weighted by Gasteiger charge is -2.22. The number of amides is 2. The fourth-order valence-electron chi connectivity index (χ4n) is 2.48. The van der Waals surface area contributed by atoms with Gasteiger partial charge in [0.05, 0.1) is 27.0 Å². The van der Waals surface area contributed by atoms with Crippen LogP contribution in [0.15, 0.2) is 57.8 Å². The molecule has 3 aromatic rings. The van der Waals surface area contributed by atoms with Crippen molar-refractivity contribution < 1.29 is 18.7 Å². The van der Waals surface area contributed by atoms with E-state index >= 15 is 0 Å². The van der Waals surface area contributed by atoms with Crippen molar-refractivity contribution >= 4 is 23.1 Å². The van der Waals surface area contributed by atoms with Gasteiger partial charge in [-0.25, -0.2) is 4.79 Å². The Kier molecular flexibility index (Phi) is 5.80. The average molecular weight is 372 g/mol. The van der Waals surface area contributed by atoms with Gasteiger partial charge in [-0.3, -0.25) is 0 Å². The van der Waals surface area contributed by atoms with E-state index < -0.39 is 0 Å². The summed E-state index contributed by atoms with van der Waals surface area (Å²) in [6.07, 6.45) is 1.60. The van der Waals surface area contributed by atoms with Crippen LogP contribution in [0.25, 0.3) is 0 Å². The lowest BCUT2D eigenvalue weighted by Crippen LogP contribution is -2.33. The third-order valence-corrected chi connectivity index (χ3v) is 4.50. The van der Waals surface area contributed by atoms with Crippen LogP contribution in [0.2, 0.25) is 0 Å². The highest BCUT2D eigenvalue weighted by Crippen LogP contribution is 2.26. The third-order valence-electron chi connectivity index (χ3n) is 3.77. The summed E-state index contributed by atoms with van der Waals surface area (Å²) < 4.78 is 15.9. The maximum absolute atomic E-state index is 12.9. The van der Waals surface area contributed by atoms with Crippen molar-refractivity contribution in [3.63, 3.8) is 0 Å². The van der Waals surface area contributed by atoms with Gasteiger partial charge in [-0.15, -0.1) is 0 Å². The van der Waals surface area contributed by atoms with E-state index in [0.717, 1.165) is 11.3 Å². The van der Waals surface area contributed by atoms with Crippen LogP contribution in [0.3, 0.4) is 0 Å². The molecule has 0 atom stereocenters. The Balaban J connectivity index is 1.78. The molecule has 2 heterocycles. The first-order valence-electron chi connectivity index (χ1n) is 8.00. The van der Waals surface area contributed by atoms with E-state index in [2.05, 4.69) is 5.32 Å². The number of hydrogen-bond donors (Lipinski definition) is 1. The van der Waals surface area contributed by atoms with E-state index in [1.165, 1.54) is 0 Å². The van der Waals surface area contributed by atoms with Gasteiger partial charge in [0.25, 0.3) is 0 Å². The molecule has 0 aliphatic rings. The fraction of sp³-hybridized carbons (Fsp3) is 0.211. The summed E-state index contributed by atoms with van der Waals surface area (Å²) in [5, 5.41) is 6.92. The summed E-state index contributed by atoms with van der Waals surface area (Å²) in [6, 6.07) is 10.7. The molecule has 1 N–H and O–H groups in total. The van der Waals surface area contributed by atoms with Crippen LogP contribution in [-0.4, -0.2) is 25.2 Å². The molecule has 0 aliphatic heterocycles. The molecular formula is C19H20N2O4S. The van der Waals surface area contributed by atoms with Gasteiger partial charge in [0.1, 0.15) is 17.3 Å². The van der Waals surface area contributed by atoms with E-state index in [4.69, 9.17) is 13.9 Å². The highest BCUT2D eigenvalue weighted by molar-refractivity contribution is 7.07. The molecule has 2 aromatic heterocycles. The highest BCUT2D eigenvalue weighted by atomic mass is 32.1. The van der Waals surface area contributed by atoms with Crippen LogP contribution in [-0.2, 0) is 13.1 Å². The number of furan rings is 1. The summed E-state index contributed by atoms with van der Waals surface area (Å²) >= 11 is 1.60. The molecule has 3 rings (SSSR count). The number of hydrogen-bond acceptors (Lipinski definition) is 5. The monoisotopic (exact) mass is 372 g/mol.